The standard InChI is InChI=1S/C17H24O2/c1-3-4-5-6-9-12-17(2)13-15(18)14-10-7-8-11-16(14)19-17/h7-8,10-11H,3-6,9,12-13H2,1-2H3. The van der Waals surface area contributed by atoms with Crippen LogP contribution in [-0.2, 0) is 0 Å². The number of Topliss-reactive ketones (excluding diaryl/α,β-unsaturated/α-hetero) is 1. The summed E-state index contributed by atoms with van der Waals surface area (Å²) < 4.78 is 6.08. The van der Waals surface area contributed by atoms with E-state index in [1.54, 1.807) is 0 Å². The van der Waals surface area contributed by atoms with Gasteiger partial charge in [0.15, 0.2) is 5.78 Å². The van der Waals surface area contributed by atoms with E-state index >= 15 is 0 Å². The fourth-order valence-corrected chi connectivity index (χ4v) is 2.76. The molecule has 1 unspecified atom stereocenters. The van der Waals surface area contributed by atoms with Crippen LogP contribution in [0.5, 0.6) is 5.75 Å². The summed E-state index contributed by atoms with van der Waals surface area (Å²) in [6.45, 7) is 4.29. The number of rotatable bonds is 6. The number of carbonyl (C=O) groups excluding carboxylic acids is 1. The van der Waals surface area contributed by atoms with Crippen LogP contribution >= 0.6 is 0 Å². The van der Waals surface area contributed by atoms with Crippen molar-refractivity contribution in [2.45, 2.75) is 64.4 Å². The third-order valence-electron chi connectivity index (χ3n) is 3.89. The number of hydrogen-bond donors (Lipinski definition) is 0. The molecule has 1 aromatic carbocycles. The number of unbranched alkanes of at least 4 members (excludes halogenated alkanes) is 4. The highest BCUT2D eigenvalue weighted by Gasteiger charge is 2.35. The minimum absolute atomic E-state index is 0.220. The molecule has 1 aliphatic rings. The number of hydrogen-bond acceptors (Lipinski definition) is 2. The highest BCUT2D eigenvalue weighted by atomic mass is 16.5. The molecule has 0 fully saturated rings. The van der Waals surface area contributed by atoms with Crippen molar-refractivity contribution in [1.82, 2.24) is 0 Å². The van der Waals surface area contributed by atoms with Crippen molar-refractivity contribution in [1.29, 1.82) is 0 Å². The second-order valence-corrected chi connectivity index (χ2v) is 5.81. The van der Waals surface area contributed by atoms with E-state index in [9.17, 15) is 4.79 Å². The molecule has 19 heavy (non-hydrogen) atoms. The Morgan fingerprint density at radius 2 is 1.89 bits per heavy atom. The third kappa shape index (κ3) is 3.59. The predicted octanol–water partition coefficient (Wildman–Crippen LogP) is 4.77. The van der Waals surface area contributed by atoms with Gasteiger partial charge in [-0.2, -0.15) is 0 Å². The Kier molecular flexibility index (Phi) is 4.62. The van der Waals surface area contributed by atoms with Gasteiger partial charge in [0, 0.05) is 0 Å². The molecule has 0 amide bonds. The number of benzene rings is 1. The van der Waals surface area contributed by atoms with Crippen LogP contribution in [0.2, 0.25) is 0 Å². The third-order valence-corrected chi connectivity index (χ3v) is 3.89. The van der Waals surface area contributed by atoms with Crippen molar-refractivity contribution in [3.63, 3.8) is 0 Å². The van der Waals surface area contributed by atoms with E-state index in [4.69, 9.17) is 4.74 Å². The van der Waals surface area contributed by atoms with Crippen molar-refractivity contribution in [3.05, 3.63) is 29.8 Å². The summed E-state index contributed by atoms with van der Waals surface area (Å²) in [6.07, 6.45) is 7.72. The molecule has 0 aromatic heterocycles. The zero-order valence-corrected chi connectivity index (χ0v) is 12.1. The van der Waals surface area contributed by atoms with Crippen molar-refractivity contribution < 1.29 is 9.53 Å². The van der Waals surface area contributed by atoms with Crippen molar-refractivity contribution in [2.24, 2.45) is 0 Å². The first-order valence-corrected chi connectivity index (χ1v) is 7.46. The van der Waals surface area contributed by atoms with Gasteiger partial charge in [0.1, 0.15) is 11.4 Å². The van der Waals surface area contributed by atoms with Crippen molar-refractivity contribution >= 4 is 5.78 Å². The van der Waals surface area contributed by atoms with Gasteiger partial charge in [-0.3, -0.25) is 4.79 Å². The Morgan fingerprint density at radius 1 is 1.16 bits per heavy atom. The summed E-state index contributed by atoms with van der Waals surface area (Å²) in [6, 6.07) is 7.59. The molecule has 0 radical (unpaired) electrons. The topological polar surface area (TPSA) is 26.3 Å². The monoisotopic (exact) mass is 260 g/mol. The Bertz CT molecular complexity index is 439. The first kappa shape index (κ1) is 14.1. The molecule has 0 aliphatic carbocycles. The maximum absolute atomic E-state index is 12.2. The molecule has 1 heterocycles. The van der Waals surface area contributed by atoms with Gasteiger partial charge < -0.3 is 4.74 Å². The first-order valence-electron chi connectivity index (χ1n) is 7.46. The quantitative estimate of drug-likeness (QED) is 0.689. The van der Waals surface area contributed by atoms with Crippen LogP contribution in [0.15, 0.2) is 24.3 Å². The maximum Gasteiger partial charge on any atom is 0.170 e. The smallest absolute Gasteiger partial charge is 0.170 e. The molecule has 2 rings (SSSR count). The van der Waals surface area contributed by atoms with Crippen LogP contribution in [0.4, 0.5) is 0 Å². The SMILES string of the molecule is CCCCCCCC1(C)CC(=O)c2ccccc2O1. The number of fused-ring (bicyclic) bond motifs is 1. The summed E-state index contributed by atoms with van der Waals surface area (Å²) in [4.78, 5) is 12.2. The van der Waals surface area contributed by atoms with Gasteiger partial charge in [0.05, 0.1) is 12.0 Å². The van der Waals surface area contributed by atoms with Gasteiger partial charge in [-0.15, -0.1) is 0 Å². The van der Waals surface area contributed by atoms with E-state index in [-0.39, 0.29) is 11.4 Å². The second kappa shape index (κ2) is 6.23. The lowest BCUT2D eigenvalue weighted by atomic mass is 9.87. The highest BCUT2D eigenvalue weighted by molar-refractivity contribution is 6.00. The number of ether oxygens (including phenoxy) is 1. The molecule has 1 aromatic rings. The normalized spacial score (nSPS) is 21.9. The fraction of sp³-hybridized carbons (Fsp3) is 0.588. The molecule has 0 N–H and O–H groups in total. The second-order valence-electron chi connectivity index (χ2n) is 5.81. The van der Waals surface area contributed by atoms with E-state index in [2.05, 4.69) is 13.8 Å². The van der Waals surface area contributed by atoms with E-state index in [0.29, 0.717) is 6.42 Å². The van der Waals surface area contributed by atoms with E-state index in [0.717, 1.165) is 24.2 Å². The summed E-state index contributed by atoms with van der Waals surface area (Å²) in [5.41, 5.74) is 0.434. The van der Waals surface area contributed by atoms with Crippen LogP contribution in [0.25, 0.3) is 0 Å². The fourth-order valence-electron chi connectivity index (χ4n) is 2.76. The Hall–Kier alpha value is -1.31. The molecule has 2 nitrogen and oxygen atoms in total. The molecule has 1 atom stereocenters. The molecule has 104 valence electrons. The molecular weight excluding hydrogens is 236 g/mol. The average Bonchev–Trinajstić information content (AvgIpc) is 2.38. The van der Waals surface area contributed by atoms with Crippen LogP contribution < -0.4 is 4.74 Å². The molecule has 1 aliphatic heterocycles. The summed E-state index contributed by atoms with van der Waals surface area (Å²) >= 11 is 0. The van der Waals surface area contributed by atoms with Crippen LogP contribution in [0, 0.1) is 0 Å². The summed E-state index contributed by atoms with van der Waals surface area (Å²) in [5.74, 6) is 0.979. The van der Waals surface area contributed by atoms with E-state index < -0.39 is 0 Å². The molecule has 2 heteroatoms. The van der Waals surface area contributed by atoms with Crippen LogP contribution in [0.3, 0.4) is 0 Å². The Labute approximate surface area is 116 Å². The Morgan fingerprint density at radius 3 is 2.68 bits per heavy atom. The van der Waals surface area contributed by atoms with Gasteiger partial charge in [-0.05, 0) is 31.9 Å². The number of ketones is 1. The van der Waals surface area contributed by atoms with Crippen LogP contribution in [0.1, 0.15) is 69.2 Å². The summed E-state index contributed by atoms with van der Waals surface area (Å²) in [7, 11) is 0. The lowest BCUT2D eigenvalue weighted by Gasteiger charge is -2.35. The lowest BCUT2D eigenvalue weighted by molar-refractivity contribution is 0.0453. The highest BCUT2D eigenvalue weighted by Crippen LogP contribution is 2.35. The molecule has 0 spiro atoms. The lowest BCUT2D eigenvalue weighted by Crippen LogP contribution is -2.39. The van der Waals surface area contributed by atoms with E-state index in [1.165, 1.54) is 25.7 Å². The Balaban J connectivity index is 1.93. The van der Waals surface area contributed by atoms with Gasteiger partial charge in [-0.1, -0.05) is 44.7 Å². The van der Waals surface area contributed by atoms with Crippen molar-refractivity contribution in [3.8, 4) is 5.75 Å². The first-order chi connectivity index (χ1) is 9.14. The minimum atomic E-state index is -0.308. The zero-order chi connectivity index (χ0) is 13.7. The molecular formula is C17H24O2. The van der Waals surface area contributed by atoms with Gasteiger partial charge in [0.2, 0.25) is 0 Å². The van der Waals surface area contributed by atoms with Gasteiger partial charge in [-0.25, -0.2) is 0 Å². The number of carbonyl (C=O) groups is 1. The predicted molar refractivity (Wildman–Crippen MR) is 77.8 cm³/mol. The average molecular weight is 260 g/mol. The maximum atomic E-state index is 12.2. The molecule has 0 saturated carbocycles. The largest absolute Gasteiger partial charge is 0.486 e. The number of para-hydroxylation sites is 1. The molecule has 0 bridgehead atoms. The molecule has 0 saturated heterocycles. The van der Waals surface area contributed by atoms with Crippen LogP contribution in [-0.4, -0.2) is 11.4 Å². The van der Waals surface area contributed by atoms with E-state index in [1.807, 2.05) is 24.3 Å². The van der Waals surface area contributed by atoms with Gasteiger partial charge in [0.25, 0.3) is 0 Å². The zero-order valence-electron chi connectivity index (χ0n) is 12.1. The summed E-state index contributed by atoms with van der Waals surface area (Å²) in [5, 5.41) is 0. The van der Waals surface area contributed by atoms with Crippen molar-refractivity contribution in [2.75, 3.05) is 0 Å². The van der Waals surface area contributed by atoms with Gasteiger partial charge >= 0.3 is 0 Å². The minimum Gasteiger partial charge on any atom is -0.486 e.